The minimum Gasteiger partial charge on any atom is -0.320 e. The molecule has 0 fully saturated rings. The summed E-state index contributed by atoms with van der Waals surface area (Å²) in [5, 5.41) is 2.89. The number of thioether (sulfide) groups is 1. The topological polar surface area (TPSA) is 42.0 Å². The summed E-state index contributed by atoms with van der Waals surface area (Å²) in [6.45, 7) is 0. The monoisotopic (exact) mass is 254 g/mol. The van der Waals surface area contributed by atoms with Crippen LogP contribution in [0, 0.1) is 0 Å². The second kappa shape index (κ2) is 4.66. The second-order valence-corrected chi connectivity index (χ2v) is 4.93. The van der Waals surface area contributed by atoms with Gasteiger partial charge in [0.05, 0.1) is 10.6 Å². The quantitative estimate of drug-likeness (QED) is 0.795. The summed E-state index contributed by atoms with van der Waals surface area (Å²) in [5.41, 5.74) is 1.85. The van der Waals surface area contributed by atoms with Gasteiger partial charge in [0.1, 0.15) is 0 Å². The van der Waals surface area contributed by atoms with Gasteiger partial charge in [-0.05, 0) is 35.9 Å². The van der Waals surface area contributed by atoms with Gasteiger partial charge in [0.25, 0.3) is 5.91 Å². The molecule has 1 N–H and O–H groups in total. The number of fused-ring (bicyclic) bond motifs is 1. The number of anilines is 1. The number of amides is 1. The molecule has 2 aromatic rings. The zero-order valence-electron chi connectivity index (χ0n) is 9.46. The van der Waals surface area contributed by atoms with Crippen molar-refractivity contribution in [1.29, 1.82) is 0 Å². The van der Waals surface area contributed by atoms with E-state index in [2.05, 4.69) is 10.3 Å². The standard InChI is InChI=1S/C14H10N2OS/c17-14-13(9-10-5-7-15-8-6-10)18-12-4-2-1-3-11(12)16-14/h1-9H,(H,16,17)/b13-9-. The molecule has 2 heterocycles. The lowest BCUT2D eigenvalue weighted by Gasteiger charge is -2.18. The van der Waals surface area contributed by atoms with E-state index in [-0.39, 0.29) is 5.91 Å². The largest absolute Gasteiger partial charge is 0.320 e. The Hall–Kier alpha value is -2.07. The third-order valence-electron chi connectivity index (χ3n) is 2.58. The summed E-state index contributed by atoms with van der Waals surface area (Å²) >= 11 is 1.49. The molecule has 0 radical (unpaired) electrons. The number of rotatable bonds is 1. The van der Waals surface area contributed by atoms with E-state index >= 15 is 0 Å². The number of pyridine rings is 1. The van der Waals surface area contributed by atoms with E-state index in [4.69, 9.17) is 0 Å². The molecule has 1 aliphatic heterocycles. The molecular weight excluding hydrogens is 244 g/mol. The molecule has 1 aromatic carbocycles. The number of nitrogens with zero attached hydrogens (tertiary/aromatic N) is 1. The second-order valence-electron chi connectivity index (χ2n) is 3.84. The number of aromatic nitrogens is 1. The highest BCUT2D eigenvalue weighted by atomic mass is 32.2. The Kier molecular flexibility index (Phi) is 2.86. The van der Waals surface area contributed by atoms with Crippen LogP contribution in [0.1, 0.15) is 5.56 Å². The molecule has 1 aliphatic rings. The Morgan fingerprint density at radius 1 is 1.11 bits per heavy atom. The zero-order valence-corrected chi connectivity index (χ0v) is 10.3. The minimum absolute atomic E-state index is 0.0597. The first-order valence-corrected chi connectivity index (χ1v) is 6.34. The SMILES string of the molecule is O=C1Nc2ccccc2S/C1=C\c1ccncc1. The Morgan fingerprint density at radius 3 is 2.72 bits per heavy atom. The highest BCUT2D eigenvalue weighted by Gasteiger charge is 2.20. The van der Waals surface area contributed by atoms with E-state index in [9.17, 15) is 4.79 Å². The summed E-state index contributed by atoms with van der Waals surface area (Å²) < 4.78 is 0. The van der Waals surface area contributed by atoms with Crippen LogP contribution in [0.2, 0.25) is 0 Å². The van der Waals surface area contributed by atoms with Crippen molar-refractivity contribution in [2.45, 2.75) is 4.90 Å². The van der Waals surface area contributed by atoms with Crippen LogP contribution >= 0.6 is 11.8 Å². The van der Waals surface area contributed by atoms with Gasteiger partial charge in [0, 0.05) is 17.3 Å². The average Bonchev–Trinajstić information content (AvgIpc) is 2.41. The van der Waals surface area contributed by atoms with Crippen molar-refractivity contribution in [3.63, 3.8) is 0 Å². The molecule has 0 unspecified atom stereocenters. The molecule has 0 spiro atoms. The van der Waals surface area contributed by atoms with Gasteiger partial charge in [0.2, 0.25) is 0 Å². The van der Waals surface area contributed by atoms with E-state index in [1.807, 2.05) is 42.5 Å². The number of benzene rings is 1. The lowest BCUT2D eigenvalue weighted by atomic mass is 10.2. The first kappa shape index (κ1) is 11.0. The van der Waals surface area contributed by atoms with Gasteiger partial charge >= 0.3 is 0 Å². The van der Waals surface area contributed by atoms with Gasteiger partial charge in [-0.3, -0.25) is 9.78 Å². The van der Waals surface area contributed by atoms with Gasteiger partial charge in [-0.2, -0.15) is 0 Å². The molecule has 0 bridgehead atoms. The van der Waals surface area contributed by atoms with Crippen LogP contribution in [-0.4, -0.2) is 10.9 Å². The summed E-state index contributed by atoms with van der Waals surface area (Å²) in [7, 11) is 0. The average molecular weight is 254 g/mol. The van der Waals surface area contributed by atoms with Crippen molar-refractivity contribution in [3.8, 4) is 0 Å². The van der Waals surface area contributed by atoms with E-state index in [1.54, 1.807) is 12.4 Å². The van der Waals surface area contributed by atoms with Crippen molar-refractivity contribution in [1.82, 2.24) is 4.98 Å². The Labute approximate surface area is 109 Å². The predicted octanol–water partition coefficient (Wildman–Crippen LogP) is 3.17. The van der Waals surface area contributed by atoms with Crippen molar-refractivity contribution in [3.05, 3.63) is 59.3 Å². The highest BCUT2D eigenvalue weighted by Crippen LogP contribution is 2.38. The van der Waals surface area contributed by atoms with E-state index in [0.717, 1.165) is 16.1 Å². The molecule has 0 saturated carbocycles. The first-order chi connectivity index (χ1) is 8.83. The fourth-order valence-electron chi connectivity index (χ4n) is 1.71. The zero-order chi connectivity index (χ0) is 12.4. The van der Waals surface area contributed by atoms with E-state index in [1.165, 1.54) is 11.8 Å². The van der Waals surface area contributed by atoms with Gasteiger partial charge in [-0.15, -0.1) is 0 Å². The summed E-state index contributed by atoms with van der Waals surface area (Å²) in [6, 6.07) is 11.5. The number of hydrogen-bond donors (Lipinski definition) is 1. The third-order valence-corrected chi connectivity index (χ3v) is 3.68. The smallest absolute Gasteiger partial charge is 0.262 e. The van der Waals surface area contributed by atoms with Crippen molar-refractivity contribution >= 4 is 29.4 Å². The van der Waals surface area contributed by atoms with E-state index in [0.29, 0.717) is 4.91 Å². The van der Waals surface area contributed by atoms with Crippen LogP contribution in [0.25, 0.3) is 6.08 Å². The Morgan fingerprint density at radius 2 is 1.89 bits per heavy atom. The van der Waals surface area contributed by atoms with Crippen LogP contribution in [0.15, 0.2) is 58.6 Å². The number of carbonyl (C=O) groups is 1. The number of nitrogens with one attached hydrogen (secondary N) is 1. The number of hydrogen-bond acceptors (Lipinski definition) is 3. The molecule has 0 atom stereocenters. The lowest BCUT2D eigenvalue weighted by molar-refractivity contribution is -0.112. The molecule has 18 heavy (non-hydrogen) atoms. The lowest BCUT2D eigenvalue weighted by Crippen LogP contribution is -2.17. The van der Waals surface area contributed by atoms with Crippen LogP contribution < -0.4 is 5.32 Å². The normalized spacial score (nSPS) is 16.2. The van der Waals surface area contributed by atoms with Crippen LogP contribution in [0.4, 0.5) is 5.69 Å². The van der Waals surface area contributed by atoms with Crippen molar-refractivity contribution in [2.24, 2.45) is 0 Å². The van der Waals surface area contributed by atoms with Crippen LogP contribution in [-0.2, 0) is 4.79 Å². The highest BCUT2D eigenvalue weighted by molar-refractivity contribution is 8.04. The summed E-state index contributed by atoms with van der Waals surface area (Å²) in [6.07, 6.45) is 5.30. The molecule has 88 valence electrons. The number of para-hydroxylation sites is 1. The maximum Gasteiger partial charge on any atom is 0.262 e. The molecule has 1 amide bonds. The fourth-order valence-corrected chi connectivity index (χ4v) is 2.66. The van der Waals surface area contributed by atoms with Crippen molar-refractivity contribution < 1.29 is 4.79 Å². The number of carbonyl (C=O) groups excluding carboxylic acids is 1. The molecule has 3 nitrogen and oxygen atoms in total. The summed E-state index contributed by atoms with van der Waals surface area (Å²) in [5.74, 6) is -0.0597. The van der Waals surface area contributed by atoms with Gasteiger partial charge in [0.15, 0.2) is 0 Å². The maximum absolute atomic E-state index is 11.9. The minimum atomic E-state index is -0.0597. The predicted molar refractivity (Wildman–Crippen MR) is 73.1 cm³/mol. The fraction of sp³-hybridized carbons (Fsp3) is 0. The Bertz CT molecular complexity index is 623. The first-order valence-electron chi connectivity index (χ1n) is 5.53. The molecular formula is C14H10N2OS. The molecule has 0 aliphatic carbocycles. The summed E-state index contributed by atoms with van der Waals surface area (Å²) in [4.78, 5) is 17.7. The van der Waals surface area contributed by atoms with Crippen LogP contribution in [0.5, 0.6) is 0 Å². The third kappa shape index (κ3) is 2.15. The van der Waals surface area contributed by atoms with Crippen molar-refractivity contribution in [2.75, 3.05) is 5.32 Å². The maximum atomic E-state index is 11.9. The Balaban J connectivity index is 1.96. The molecule has 1 aromatic heterocycles. The van der Waals surface area contributed by atoms with Gasteiger partial charge < -0.3 is 5.32 Å². The molecule has 4 heteroatoms. The van der Waals surface area contributed by atoms with Crippen LogP contribution in [0.3, 0.4) is 0 Å². The van der Waals surface area contributed by atoms with Gasteiger partial charge in [-0.1, -0.05) is 23.9 Å². The molecule has 3 rings (SSSR count). The molecule has 0 saturated heterocycles. The van der Waals surface area contributed by atoms with Gasteiger partial charge in [-0.25, -0.2) is 0 Å². The van der Waals surface area contributed by atoms with E-state index < -0.39 is 0 Å².